The lowest BCUT2D eigenvalue weighted by molar-refractivity contribution is -0.175. The average molecular weight is 335 g/mol. The van der Waals surface area contributed by atoms with Crippen LogP contribution in [0, 0.1) is 30.1 Å². The van der Waals surface area contributed by atoms with Crippen molar-refractivity contribution in [3.8, 4) is 12.3 Å². The number of rotatable bonds is 8. The lowest BCUT2D eigenvalue weighted by atomic mass is 9.76. The zero-order chi connectivity index (χ0) is 17.4. The smallest absolute Gasteiger partial charge is 0.286 e. The van der Waals surface area contributed by atoms with Gasteiger partial charge in [-0.3, -0.25) is 4.79 Å². The maximum Gasteiger partial charge on any atom is 0.286 e. The van der Waals surface area contributed by atoms with Crippen molar-refractivity contribution < 1.29 is 19.4 Å². The lowest BCUT2D eigenvalue weighted by Crippen LogP contribution is -2.41. The van der Waals surface area contributed by atoms with Crippen LogP contribution in [-0.2, 0) is 14.3 Å². The van der Waals surface area contributed by atoms with Crippen LogP contribution >= 0.6 is 0 Å². The number of ether oxygens (including phenoxy) is 2. The number of carbonyl (C=O) groups is 1. The minimum absolute atomic E-state index is 0.159. The summed E-state index contributed by atoms with van der Waals surface area (Å²) in [7, 11) is 0. The Balaban J connectivity index is 2.22. The highest BCUT2D eigenvalue weighted by Crippen LogP contribution is 2.43. The standard InChI is InChI=1S/C19H29NO4/c1-3-11-20-18(22)17-13-16(14-8-5-6-9-14)15(10-7-12-21)19(24-17)23-4-2/h1,13-16,19,21H,4-12H2,2H3,(H,20,22)/t15-,16-,19-/m1/s1. The van der Waals surface area contributed by atoms with Gasteiger partial charge in [-0.15, -0.1) is 6.42 Å². The molecule has 2 rings (SSSR count). The SMILES string of the molecule is C#CCNC(=O)C1=C[C@H](C2CCCC2)[C@@H](CCCO)[C@H](OCC)O1. The molecular formula is C19H29NO4. The predicted octanol–water partition coefficient (Wildman–Crippen LogP) is 2.21. The van der Waals surface area contributed by atoms with Crippen LogP contribution in [-0.4, -0.2) is 37.1 Å². The molecule has 0 unspecified atom stereocenters. The molecule has 0 aromatic carbocycles. The minimum atomic E-state index is -0.441. The third kappa shape index (κ3) is 4.75. The molecule has 0 spiro atoms. The fourth-order valence-electron chi connectivity index (χ4n) is 3.88. The molecule has 0 aromatic heterocycles. The van der Waals surface area contributed by atoms with Crippen LogP contribution < -0.4 is 5.32 Å². The van der Waals surface area contributed by atoms with Crippen molar-refractivity contribution >= 4 is 5.91 Å². The van der Waals surface area contributed by atoms with Gasteiger partial charge in [0.25, 0.3) is 5.91 Å². The highest BCUT2D eigenvalue weighted by molar-refractivity contribution is 5.91. The molecule has 0 saturated heterocycles. The summed E-state index contributed by atoms with van der Waals surface area (Å²) in [4.78, 5) is 12.3. The Labute approximate surface area is 144 Å². The van der Waals surface area contributed by atoms with Crippen LogP contribution in [0.2, 0.25) is 0 Å². The Kier molecular flexibility index (Phi) is 7.61. The van der Waals surface area contributed by atoms with E-state index in [2.05, 4.69) is 11.2 Å². The molecule has 1 aliphatic carbocycles. The maximum absolute atomic E-state index is 12.3. The largest absolute Gasteiger partial charge is 0.459 e. The Morgan fingerprint density at radius 3 is 2.88 bits per heavy atom. The van der Waals surface area contributed by atoms with E-state index in [1.54, 1.807) is 0 Å². The Hall–Kier alpha value is -1.51. The normalized spacial score (nSPS) is 27.2. The number of hydrogen-bond donors (Lipinski definition) is 2. The molecule has 1 heterocycles. The van der Waals surface area contributed by atoms with Crippen molar-refractivity contribution in [3.63, 3.8) is 0 Å². The quantitative estimate of drug-likeness (QED) is 0.667. The van der Waals surface area contributed by atoms with Gasteiger partial charge in [0.15, 0.2) is 5.76 Å². The van der Waals surface area contributed by atoms with E-state index < -0.39 is 6.29 Å². The second kappa shape index (κ2) is 9.71. The molecule has 0 aromatic rings. The molecule has 1 saturated carbocycles. The maximum atomic E-state index is 12.3. The van der Waals surface area contributed by atoms with E-state index in [0.29, 0.717) is 24.7 Å². The van der Waals surface area contributed by atoms with E-state index in [1.165, 1.54) is 25.7 Å². The molecule has 1 aliphatic heterocycles. The van der Waals surface area contributed by atoms with Gasteiger partial charge in [-0.25, -0.2) is 0 Å². The van der Waals surface area contributed by atoms with Gasteiger partial charge in [0.05, 0.1) is 6.54 Å². The summed E-state index contributed by atoms with van der Waals surface area (Å²) in [5, 5.41) is 11.9. The van der Waals surface area contributed by atoms with Gasteiger partial charge in [-0.1, -0.05) is 18.8 Å². The summed E-state index contributed by atoms with van der Waals surface area (Å²) in [6.07, 6.45) is 13.1. The topological polar surface area (TPSA) is 67.8 Å². The van der Waals surface area contributed by atoms with Crippen LogP contribution in [0.3, 0.4) is 0 Å². The van der Waals surface area contributed by atoms with Gasteiger partial charge in [-0.2, -0.15) is 0 Å². The molecule has 1 fully saturated rings. The lowest BCUT2D eigenvalue weighted by Gasteiger charge is -2.39. The first kappa shape index (κ1) is 18.8. The monoisotopic (exact) mass is 335 g/mol. The van der Waals surface area contributed by atoms with Crippen LogP contribution in [0.5, 0.6) is 0 Å². The second-order valence-electron chi connectivity index (χ2n) is 6.51. The number of aliphatic hydroxyl groups excluding tert-OH is 1. The summed E-state index contributed by atoms with van der Waals surface area (Å²) in [6, 6.07) is 0. The molecular weight excluding hydrogens is 306 g/mol. The molecule has 3 atom stereocenters. The molecule has 5 nitrogen and oxygen atoms in total. The molecule has 1 amide bonds. The van der Waals surface area contributed by atoms with Crippen LogP contribution in [0.15, 0.2) is 11.8 Å². The van der Waals surface area contributed by atoms with E-state index in [9.17, 15) is 9.90 Å². The molecule has 2 N–H and O–H groups in total. The number of aliphatic hydroxyl groups is 1. The highest BCUT2D eigenvalue weighted by atomic mass is 16.7. The van der Waals surface area contributed by atoms with Crippen molar-refractivity contribution in [3.05, 3.63) is 11.8 Å². The molecule has 5 heteroatoms. The summed E-state index contributed by atoms with van der Waals surface area (Å²) in [5.74, 6) is 3.42. The van der Waals surface area contributed by atoms with Gasteiger partial charge in [-0.05, 0) is 50.5 Å². The second-order valence-corrected chi connectivity index (χ2v) is 6.51. The first-order chi connectivity index (χ1) is 11.7. The van der Waals surface area contributed by atoms with E-state index in [1.807, 2.05) is 13.0 Å². The summed E-state index contributed by atoms with van der Waals surface area (Å²) in [6.45, 7) is 2.79. The minimum Gasteiger partial charge on any atom is -0.459 e. The van der Waals surface area contributed by atoms with E-state index in [4.69, 9.17) is 15.9 Å². The molecule has 24 heavy (non-hydrogen) atoms. The Bertz CT molecular complexity index is 476. The number of carbonyl (C=O) groups excluding carboxylic acids is 1. The van der Waals surface area contributed by atoms with Crippen LogP contribution in [0.4, 0.5) is 0 Å². The highest BCUT2D eigenvalue weighted by Gasteiger charge is 2.41. The van der Waals surface area contributed by atoms with E-state index >= 15 is 0 Å². The number of amides is 1. The number of hydrogen-bond acceptors (Lipinski definition) is 4. The fraction of sp³-hybridized carbons (Fsp3) is 0.737. The summed E-state index contributed by atoms with van der Waals surface area (Å²) < 4.78 is 11.7. The van der Waals surface area contributed by atoms with Crippen molar-refractivity contribution in [1.29, 1.82) is 0 Å². The third-order valence-corrected chi connectivity index (χ3v) is 4.98. The Morgan fingerprint density at radius 2 is 2.25 bits per heavy atom. The predicted molar refractivity (Wildman–Crippen MR) is 91.7 cm³/mol. The number of nitrogens with one attached hydrogen (secondary N) is 1. The van der Waals surface area contributed by atoms with Crippen molar-refractivity contribution in [1.82, 2.24) is 5.32 Å². The molecule has 0 radical (unpaired) electrons. The summed E-state index contributed by atoms with van der Waals surface area (Å²) in [5.41, 5.74) is 0. The molecule has 0 bridgehead atoms. The molecule has 134 valence electrons. The van der Waals surface area contributed by atoms with Gasteiger partial charge in [0, 0.05) is 19.1 Å². The average Bonchev–Trinajstić information content (AvgIpc) is 3.12. The van der Waals surface area contributed by atoms with E-state index in [-0.39, 0.29) is 30.9 Å². The zero-order valence-corrected chi connectivity index (χ0v) is 14.5. The zero-order valence-electron chi connectivity index (χ0n) is 14.5. The van der Waals surface area contributed by atoms with Gasteiger partial charge in [0.1, 0.15) is 0 Å². The number of allylic oxidation sites excluding steroid dienone is 1. The summed E-state index contributed by atoms with van der Waals surface area (Å²) >= 11 is 0. The van der Waals surface area contributed by atoms with Crippen LogP contribution in [0.1, 0.15) is 45.4 Å². The van der Waals surface area contributed by atoms with Crippen molar-refractivity contribution in [2.24, 2.45) is 17.8 Å². The third-order valence-electron chi connectivity index (χ3n) is 4.98. The van der Waals surface area contributed by atoms with E-state index in [0.717, 1.165) is 6.42 Å². The Morgan fingerprint density at radius 1 is 1.50 bits per heavy atom. The van der Waals surface area contributed by atoms with Gasteiger partial charge >= 0.3 is 0 Å². The van der Waals surface area contributed by atoms with Crippen LogP contribution in [0.25, 0.3) is 0 Å². The van der Waals surface area contributed by atoms with Gasteiger partial charge in [0.2, 0.25) is 6.29 Å². The first-order valence-corrected chi connectivity index (χ1v) is 9.03. The van der Waals surface area contributed by atoms with Crippen molar-refractivity contribution in [2.75, 3.05) is 19.8 Å². The van der Waals surface area contributed by atoms with Crippen molar-refractivity contribution in [2.45, 2.75) is 51.7 Å². The fourth-order valence-corrected chi connectivity index (χ4v) is 3.88. The van der Waals surface area contributed by atoms with Gasteiger partial charge < -0.3 is 19.9 Å². The first-order valence-electron chi connectivity index (χ1n) is 9.03. The number of terminal acetylenes is 1. The molecule has 2 aliphatic rings.